The van der Waals surface area contributed by atoms with Crippen molar-refractivity contribution in [2.24, 2.45) is 11.0 Å². The van der Waals surface area contributed by atoms with Crippen LogP contribution in [0.15, 0.2) is 35.7 Å². The summed E-state index contributed by atoms with van der Waals surface area (Å²) in [6.07, 6.45) is 2.11. The third-order valence-electron chi connectivity index (χ3n) is 2.58. The second-order valence-electron chi connectivity index (χ2n) is 3.75. The molecule has 92 valence electrons. The number of aromatic nitrogens is 1. The summed E-state index contributed by atoms with van der Waals surface area (Å²) in [6, 6.07) is 6.83. The van der Waals surface area contributed by atoms with E-state index in [1.54, 1.807) is 6.20 Å². The van der Waals surface area contributed by atoms with Crippen LogP contribution in [-0.2, 0) is 16.1 Å². The molecule has 0 aliphatic heterocycles. The van der Waals surface area contributed by atoms with Gasteiger partial charge >= 0.3 is 5.97 Å². The number of hydrogen-bond acceptors (Lipinski definition) is 4. The molecule has 0 radical (unpaired) electrons. The molecule has 0 amide bonds. The molecule has 1 atom stereocenters. The van der Waals surface area contributed by atoms with E-state index < -0.39 is 12.0 Å². The van der Waals surface area contributed by atoms with Gasteiger partial charge in [0.1, 0.15) is 11.3 Å². The number of para-hydroxylation sites is 1. The van der Waals surface area contributed by atoms with Gasteiger partial charge in [0.15, 0.2) is 0 Å². The molecule has 0 unspecified atom stereocenters. The summed E-state index contributed by atoms with van der Waals surface area (Å²) in [6.45, 7) is 0. The van der Waals surface area contributed by atoms with Gasteiger partial charge in [-0.1, -0.05) is 18.2 Å². The number of nitrogens with two attached hydrogens (primary N) is 1. The van der Waals surface area contributed by atoms with E-state index in [-0.39, 0.29) is 0 Å². The van der Waals surface area contributed by atoms with Crippen molar-refractivity contribution < 1.29 is 9.63 Å². The number of nitrogens with zero attached hydrogens (tertiary/aromatic N) is 3. The fraction of sp³-hybridized carbons (Fsp3) is 0.182. The molecule has 3 N–H and O–H groups in total. The number of rotatable bonds is 4. The van der Waals surface area contributed by atoms with Crippen LogP contribution in [0.25, 0.3) is 21.3 Å². The summed E-state index contributed by atoms with van der Waals surface area (Å²) in [7, 11) is 0. The zero-order chi connectivity index (χ0) is 13.0. The molecule has 2 aromatic rings. The first-order valence-corrected chi connectivity index (χ1v) is 5.28. The molecule has 18 heavy (non-hydrogen) atoms. The third-order valence-corrected chi connectivity index (χ3v) is 2.58. The Hall–Kier alpha value is -2.50. The summed E-state index contributed by atoms with van der Waals surface area (Å²) >= 11 is 0. The summed E-state index contributed by atoms with van der Waals surface area (Å²) in [5, 5.41) is 3.73. The number of carbonyl (C=O) groups is 1. The Morgan fingerprint density at radius 2 is 2.33 bits per heavy atom. The fourth-order valence-electron chi connectivity index (χ4n) is 1.75. The summed E-state index contributed by atoms with van der Waals surface area (Å²) in [5.41, 5.74) is 15.6. The highest BCUT2D eigenvalue weighted by molar-refractivity contribution is 5.84. The highest BCUT2D eigenvalue weighted by Gasteiger charge is 2.17. The van der Waals surface area contributed by atoms with Gasteiger partial charge in [0.25, 0.3) is 0 Å². The lowest BCUT2D eigenvalue weighted by Gasteiger charge is -2.07. The van der Waals surface area contributed by atoms with Crippen LogP contribution in [0, 0.1) is 0 Å². The molecule has 1 aromatic carbocycles. The fourth-order valence-corrected chi connectivity index (χ4v) is 1.75. The molecule has 0 aliphatic carbocycles. The maximum Gasteiger partial charge on any atom is 0.334 e. The SMILES string of the molecule is [N-]=[N+]=NOC(=O)[C@@H](N)Cc1c[nH]c2ccccc12. The quantitative estimate of drug-likeness (QED) is 0.370. The highest BCUT2D eigenvalue weighted by atomic mass is 16.7. The Morgan fingerprint density at radius 1 is 1.56 bits per heavy atom. The number of benzene rings is 1. The van der Waals surface area contributed by atoms with E-state index in [1.807, 2.05) is 24.3 Å². The first-order valence-electron chi connectivity index (χ1n) is 5.28. The van der Waals surface area contributed by atoms with E-state index in [2.05, 4.69) is 20.0 Å². The number of aromatic amines is 1. The van der Waals surface area contributed by atoms with Crippen LogP contribution in [0.2, 0.25) is 0 Å². The van der Waals surface area contributed by atoms with Gasteiger partial charge in [-0.3, -0.25) is 0 Å². The smallest absolute Gasteiger partial charge is 0.334 e. The molecule has 0 aliphatic rings. The molecule has 7 heteroatoms. The van der Waals surface area contributed by atoms with Crippen LogP contribution < -0.4 is 5.73 Å². The van der Waals surface area contributed by atoms with Gasteiger partial charge < -0.3 is 15.6 Å². The average molecular weight is 245 g/mol. The van der Waals surface area contributed by atoms with Gasteiger partial charge in [-0.05, 0) is 17.2 Å². The van der Waals surface area contributed by atoms with E-state index in [1.165, 1.54) is 0 Å². The number of nitrogens with one attached hydrogen (secondary N) is 1. The largest absolute Gasteiger partial charge is 0.361 e. The van der Waals surface area contributed by atoms with E-state index in [0.717, 1.165) is 16.5 Å². The zero-order valence-corrected chi connectivity index (χ0v) is 9.41. The van der Waals surface area contributed by atoms with Crippen molar-refractivity contribution >= 4 is 16.9 Å². The van der Waals surface area contributed by atoms with Crippen molar-refractivity contribution in [3.63, 3.8) is 0 Å². The van der Waals surface area contributed by atoms with Gasteiger partial charge in [-0.15, -0.1) is 0 Å². The van der Waals surface area contributed by atoms with E-state index >= 15 is 0 Å². The highest BCUT2D eigenvalue weighted by Crippen LogP contribution is 2.18. The van der Waals surface area contributed by atoms with Gasteiger partial charge in [0.2, 0.25) is 0 Å². The standard InChI is InChI=1S/C11H11N5O2/c12-9(11(17)18-16-15-13)5-7-6-14-10-4-2-1-3-8(7)10/h1-4,6,9,14H,5,12H2/t9-/m0/s1. The second kappa shape index (κ2) is 5.22. The van der Waals surface area contributed by atoms with Crippen LogP contribution in [-0.4, -0.2) is 17.0 Å². The van der Waals surface area contributed by atoms with Crippen LogP contribution in [0.1, 0.15) is 5.56 Å². The van der Waals surface area contributed by atoms with Crippen molar-refractivity contribution in [1.29, 1.82) is 0 Å². The molecule has 0 saturated heterocycles. The van der Waals surface area contributed by atoms with Crippen molar-refractivity contribution in [2.45, 2.75) is 12.5 Å². The molecule has 0 spiro atoms. The lowest BCUT2D eigenvalue weighted by atomic mass is 10.1. The Morgan fingerprint density at radius 3 is 3.11 bits per heavy atom. The number of hydrogen-bond donors (Lipinski definition) is 2. The van der Waals surface area contributed by atoms with Crippen LogP contribution in [0.3, 0.4) is 0 Å². The van der Waals surface area contributed by atoms with E-state index in [4.69, 9.17) is 11.3 Å². The lowest BCUT2D eigenvalue weighted by molar-refractivity contribution is -0.145. The molecule has 1 aromatic heterocycles. The second-order valence-corrected chi connectivity index (χ2v) is 3.75. The third kappa shape index (κ3) is 2.42. The first kappa shape index (κ1) is 12.0. The predicted molar refractivity (Wildman–Crippen MR) is 65.2 cm³/mol. The first-order chi connectivity index (χ1) is 8.72. The minimum absolute atomic E-state index is 0.309. The van der Waals surface area contributed by atoms with E-state index in [9.17, 15) is 4.79 Å². The van der Waals surface area contributed by atoms with Crippen molar-refractivity contribution in [3.05, 3.63) is 46.5 Å². The number of carbonyl (C=O) groups excluding carboxylic acids is 1. The monoisotopic (exact) mass is 245 g/mol. The average Bonchev–Trinajstić information content (AvgIpc) is 2.79. The lowest BCUT2D eigenvalue weighted by Crippen LogP contribution is -2.33. The van der Waals surface area contributed by atoms with Crippen LogP contribution >= 0.6 is 0 Å². The number of azide groups is 1. The minimum atomic E-state index is -0.866. The Kier molecular flexibility index (Phi) is 3.47. The van der Waals surface area contributed by atoms with Crippen molar-refractivity contribution in [1.82, 2.24) is 4.98 Å². The molecular formula is C11H11N5O2. The van der Waals surface area contributed by atoms with Crippen molar-refractivity contribution in [3.8, 4) is 0 Å². The Labute approximate surface area is 102 Å². The van der Waals surface area contributed by atoms with Crippen molar-refractivity contribution in [2.75, 3.05) is 0 Å². The molecule has 0 bridgehead atoms. The molecular weight excluding hydrogens is 234 g/mol. The van der Waals surface area contributed by atoms with Crippen LogP contribution in [0.4, 0.5) is 0 Å². The molecule has 0 saturated carbocycles. The molecule has 7 nitrogen and oxygen atoms in total. The van der Waals surface area contributed by atoms with Gasteiger partial charge in [-0.25, -0.2) is 4.79 Å². The van der Waals surface area contributed by atoms with Crippen LogP contribution in [0.5, 0.6) is 0 Å². The van der Waals surface area contributed by atoms with Gasteiger partial charge in [0, 0.05) is 28.4 Å². The topological polar surface area (TPSA) is 117 Å². The minimum Gasteiger partial charge on any atom is -0.361 e. The molecule has 2 rings (SSSR count). The maximum absolute atomic E-state index is 11.3. The Balaban J connectivity index is 2.13. The summed E-state index contributed by atoms with van der Waals surface area (Å²) in [5.74, 6) is -0.752. The number of H-pyrrole nitrogens is 1. The van der Waals surface area contributed by atoms with E-state index in [0.29, 0.717) is 6.42 Å². The Bertz CT molecular complexity index is 615. The van der Waals surface area contributed by atoms with Gasteiger partial charge in [-0.2, -0.15) is 0 Å². The number of fused-ring (bicyclic) bond motifs is 1. The maximum atomic E-state index is 11.3. The van der Waals surface area contributed by atoms with Gasteiger partial charge in [0.05, 0.1) is 0 Å². The zero-order valence-electron chi connectivity index (χ0n) is 9.41. The molecule has 1 heterocycles. The summed E-state index contributed by atoms with van der Waals surface area (Å²) < 4.78 is 0. The molecule has 0 fully saturated rings. The summed E-state index contributed by atoms with van der Waals surface area (Å²) in [4.78, 5) is 21.0. The normalized spacial score (nSPS) is 11.8. The predicted octanol–water partition coefficient (Wildman–Crippen LogP) is 1.81.